The van der Waals surface area contributed by atoms with Gasteiger partial charge in [-0.1, -0.05) is 141 Å². The summed E-state index contributed by atoms with van der Waals surface area (Å²) >= 11 is 0. The van der Waals surface area contributed by atoms with Gasteiger partial charge in [-0.3, -0.25) is 4.79 Å². The Balaban J connectivity index is 3.78. The monoisotopic (exact) mass is 567 g/mol. The minimum Gasteiger partial charge on any atom is -0.394 e. The Hall–Kier alpha value is -1.21. The molecule has 4 unspecified atom stereocenters. The number of allylic oxidation sites excluding steroid dienone is 4. The highest BCUT2D eigenvalue weighted by Crippen LogP contribution is 2.14. The van der Waals surface area contributed by atoms with E-state index in [4.69, 9.17) is 0 Å². The van der Waals surface area contributed by atoms with Crippen LogP contribution in [0.4, 0.5) is 0 Å². The number of hydrogen-bond donors (Lipinski definition) is 5. The van der Waals surface area contributed by atoms with Gasteiger partial charge in [-0.2, -0.15) is 0 Å². The van der Waals surface area contributed by atoms with Crippen LogP contribution in [-0.4, -0.2) is 57.3 Å². The van der Waals surface area contributed by atoms with Crippen molar-refractivity contribution in [1.29, 1.82) is 0 Å². The number of aliphatic hydroxyl groups excluding tert-OH is 4. The number of nitrogens with one attached hydrogen (secondary N) is 1. The standard InChI is InChI=1S/C34H65NO5/c1-3-5-7-9-11-12-13-14-15-16-17-18-19-20-21-22-24-26-28-32(38)34(40)35-30(29-36)33(39)31(37)27-25-23-10-8-6-4-2/h11-14,30-33,36-39H,3-10,15-29H2,1-2H3,(H,35,40)/b12-11-,14-13-. The van der Waals surface area contributed by atoms with Crippen molar-refractivity contribution in [2.45, 2.75) is 179 Å². The van der Waals surface area contributed by atoms with Crippen molar-refractivity contribution >= 4 is 5.91 Å². The predicted octanol–water partition coefficient (Wildman–Crippen LogP) is 7.28. The van der Waals surface area contributed by atoms with Crippen molar-refractivity contribution in [2.75, 3.05) is 6.61 Å². The first kappa shape index (κ1) is 38.8. The lowest BCUT2D eigenvalue weighted by molar-refractivity contribution is -0.132. The van der Waals surface area contributed by atoms with Crippen LogP contribution in [0.5, 0.6) is 0 Å². The van der Waals surface area contributed by atoms with Crippen molar-refractivity contribution < 1.29 is 25.2 Å². The van der Waals surface area contributed by atoms with E-state index in [1.165, 1.54) is 83.5 Å². The Morgan fingerprint density at radius 3 is 1.57 bits per heavy atom. The molecule has 236 valence electrons. The smallest absolute Gasteiger partial charge is 0.249 e. The van der Waals surface area contributed by atoms with Gasteiger partial charge in [0.25, 0.3) is 0 Å². The first-order valence-electron chi connectivity index (χ1n) is 16.7. The Morgan fingerprint density at radius 2 is 1.05 bits per heavy atom. The summed E-state index contributed by atoms with van der Waals surface area (Å²) in [6.45, 7) is 3.91. The van der Waals surface area contributed by atoms with Gasteiger partial charge < -0.3 is 25.7 Å². The summed E-state index contributed by atoms with van der Waals surface area (Å²) in [5, 5.41) is 43.0. The highest BCUT2D eigenvalue weighted by Gasteiger charge is 2.28. The SMILES string of the molecule is CCCCC/C=C\C=C/CCCCCCCCCCCC(O)C(=O)NC(CO)C(O)C(O)CCCCCCCC. The summed E-state index contributed by atoms with van der Waals surface area (Å²) in [4.78, 5) is 12.3. The van der Waals surface area contributed by atoms with Gasteiger partial charge in [0.15, 0.2) is 0 Å². The largest absolute Gasteiger partial charge is 0.394 e. The van der Waals surface area contributed by atoms with Gasteiger partial charge in [0.2, 0.25) is 5.91 Å². The molecule has 6 nitrogen and oxygen atoms in total. The van der Waals surface area contributed by atoms with Crippen LogP contribution in [0.2, 0.25) is 0 Å². The maximum Gasteiger partial charge on any atom is 0.249 e. The van der Waals surface area contributed by atoms with Crippen LogP contribution < -0.4 is 5.32 Å². The summed E-state index contributed by atoms with van der Waals surface area (Å²) in [6.07, 6.45) is 29.3. The molecule has 0 aliphatic carbocycles. The average Bonchev–Trinajstić information content (AvgIpc) is 2.96. The van der Waals surface area contributed by atoms with Gasteiger partial charge in [-0.15, -0.1) is 0 Å². The second kappa shape index (κ2) is 29.3. The Morgan fingerprint density at radius 1 is 0.625 bits per heavy atom. The topological polar surface area (TPSA) is 110 Å². The summed E-state index contributed by atoms with van der Waals surface area (Å²) in [5.41, 5.74) is 0. The van der Waals surface area contributed by atoms with E-state index in [0.717, 1.165) is 44.9 Å². The minimum absolute atomic E-state index is 0.363. The van der Waals surface area contributed by atoms with Gasteiger partial charge in [0, 0.05) is 0 Å². The molecule has 0 aliphatic rings. The zero-order chi connectivity index (χ0) is 29.7. The summed E-state index contributed by atoms with van der Waals surface area (Å²) < 4.78 is 0. The molecule has 5 N–H and O–H groups in total. The maximum atomic E-state index is 12.3. The molecule has 0 spiro atoms. The average molecular weight is 568 g/mol. The third-order valence-electron chi connectivity index (χ3n) is 7.69. The van der Waals surface area contributed by atoms with Crippen molar-refractivity contribution in [3.05, 3.63) is 24.3 Å². The second-order valence-corrected chi connectivity index (χ2v) is 11.5. The zero-order valence-electron chi connectivity index (χ0n) is 26.1. The summed E-state index contributed by atoms with van der Waals surface area (Å²) in [6, 6.07) is -0.981. The first-order valence-corrected chi connectivity index (χ1v) is 16.7. The van der Waals surface area contributed by atoms with E-state index in [0.29, 0.717) is 12.8 Å². The highest BCUT2D eigenvalue weighted by atomic mass is 16.3. The lowest BCUT2D eigenvalue weighted by Crippen LogP contribution is -2.53. The van der Waals surface area contributed by atoms with Crippen molar-refractivity contribution in [3.8, 4) is 0 Å². The molecule has 6 heteroatoms. The van der Waals surface area contributed by atoms with Crippen molar-refractivity contribution in [1.82, 2.24) is 5.32 Å². The van der Waals surface area contributed by atoms with Crippen LogP contribution in [0.3, 0.4) is 0 Å². The fourth-order valence-electron chi connectivity index (χ4n) is 4.92. The van der Waals surface area contributed by atoms with E-state index < -0.39 is 36.9 Å². The lowest BCUT2D eigenvalue weighted by atomic mass is 9.99. The van der Waals surface area contributed by atoms with E-state index in [2.05, 4.69) is 43.5 Å². The minimum atomic E-state index is -1.25. The molecule has 4 atom stereocenters. The molecule has 0 saturated carbocycles. The number of aliphatic hydroxyl groups is 4. The maximum absolute atomic E-state index is 12.3. The number of hydrogen-bond acceptors (Lipinski definition) is 5. The number of amides is 1. The molecular weight excluding hydrogens is 502 g/mol. The van der Waals surface area contributed by atoms with Gasteiger partial charge in [-0.25, -0.2) is 0 Å². The summed E-state index contributed by atoms with van der Waals surface area (Å²) in [5.74, 6) is -0.595. The Bertz CT molecular complexity index is 609. The first-order chi connectivity index (χ1) is 19.5. The van der Waals surface area contributed by atoms with Crippen LogP contribution >= 0.6 is 0 Å². The molecule has 1 amide bonds. The fraction of sp³-hybridized carbons (Fsp3) is 0.853. The van der Waals surface area contributed by atoms with Crippen LogP contribution in [0.25, 0.3) is 0 Å². The van der Waals surface area contributed by atoms with Crippen LogP contribution in [-0.2, 0) is 4.79 Å². The van der Waals surface area contributed by atoms with Crippen molar-refractivity contribution in [3.63, 3.8) is 0 Å². The molecule has 40 heavy (non-hydrogen) atoms. The highest BCUT2D eigenvalue weighted by molar-refractivity contribution is 5.80. The molecular formula is C34H65NO5. The molecule has 0 aromatic rings. The van der Waals surface area contributed by atoms with E-state index >= 15 is 0 Å². The third-order valence-corrected chi connectivity index (χ3v) is 7.69. The third kappa shape index (κ3) is 23.5. The van der Waals surface area contributed by atoms with E-state index in [9.17, 15) is 25.2 Å². The number of carbonyl (C=O) groups is 1. The molecule has 0 aromatic carbocycles. The molecule has 0 saturated heterocycles. The predicted molar refractivity (Wildman–Crippen MR) is 168 cm³/mol. The molecule has 0 radical (unpaired) electrons. The zero-order valence-corrected chi connectivity index (χ0v) is 26.1. The van der Waals surface area contributed by atoms with Crippen LogP contribution in [0, 0.1) is 0 Å². The van der Waals surface area contributed by atoms with Gasteiger partial charge in [-0.05, 0) is 38.5 Å². The number of rotatable bonds is 29. The van der Waals surface area contributed by atoms with E-state index in [-0.39, 0.29) is 0 Å². The van der Waals surface area contributed by atoms with Gasteiger partial charge in [0.05, 0.1) is 18.8 Å². The van der Waals surface area contributed by atoms with Gasteiger partial charge >= 0.3 is 0 Å². The quantitative estimate of drug-likeness (QED) is 0.0482. The number of unbranched alkanes of at least 4 members (excludes halogenated alkanes) is 17. The Kier molecular flexibility index (Phi) is 28.4. The lowest BCUT2D eigenvalue weighted by Gasteiger charge is -2.27. The molecule has 0 rings (SSSR count). The second-order valence-electron chi connectivity index (χ2n) is 11.5. The fourth-order valence-corrected chi connectivity index (χ4v) is 4.92. The number of carbonyl (C=O) groups excluding carboxylic acids is 1. The van der Waals surface area contributed by atoms with Gasteiger partial charge in [0.1, 0.15) is 12.2 Å². The molecule has 0 aliphatic heterocycles. The van der Waals surface area contributed by atoms with E-state index in [1.807, 2.05) is 0 Å². The normalized spacial score (nSPS) is 15.1. The molecule has 0 aromatic heterocycles. The van der Waals surface area contributed by atoms with Crippen LogP contribution in [0.15, 0.2) is 24.3 Å². The molecule has 0 heterocycles. The van der Waals surface area contributed by atoms with E-state index in [1.54, 1.807) is 0 Å². The Labute approximate surface area is 246 Å². The van der Waals surface area contributed by atoms with Crippen molar-refractivity contribution in [2.24, 2.45) is 0 Å². The van der Waals surface area contributed by atoms with Crippen LogP contribution in [0.1, 0.15) is 155 Å². The molecule has 0 fully saturated rings. The molecule has 0 bridgehead atoms. The summed E-state index contributed by atoms with van der Waals surface area (Å²) in [7, 11) is 0.